The maximum Gasteiger partial charge on any atom is 0.255 e. The number of hydrogen-bond donors (Lipinski definition) is 0. The van der Waals surface area contributed by atoms with Gasteiger partial charge in [-0.2, -0.15) is 0 Å². The van der Waals surface area contributed by atoms with Crippen LogP contribution >= 0.6 is 0 Å². The molecule has 0 saturated heterocycles. The molecule has 2 rings (SSSR count). The predicted molar refractivity (Wildman–Crippen MR) is 95.4 cm³/mol. The molecule has 1 aromatic carbocycles. The van der Waals surface area contributed by atoms with Crippen LogP contribution in [0.2, 0.25) is 0 Å². The Labute approximate surface area is 148 Å². The lowest BCUT2D eigenvalue weighted by Crippen LogP contribution is -2.30. The van der Waals surface area contributed by atoms with Gasteiger partial charge in [0.25, 0.3) is 5.91 Å². The fraction of sp³-hybridized carbons (Fsp3) is 0.368. The third kappa shape index (κ3) is 4.62. The molecule has 0 saturated carbocycles. The molecule has 134 valence electrons. The van der Waals surface area contributed by atoms with Crippen LogP contribution in [0.5, 0.6) is 17.4 Å². The molecule has 0 aliphatic heterocycles. The summed E-state index contributed by atoms with van der Waals surface area (Å²) < 4.78 is 15.9. The van der Waals surface area contributed by atoms with Gasteiger partial charge in [-0.05, 0) is 37.6 Å². The van der Waals surface area contributed by atoms with Crippen molar-refractivity contribution in [1.82, 2.24) is 9.88 Å². The Kier molecular flexibility index (Phi) is 6.62. The van der Waals surface area contributed by atoms with Crippen LogP contribution in [-0.2, 0) is 6.54 Å². The van der Waals surface area contributed by atoms with Crippen molar-refractivity contribution in [2.45, 2.75) is 20.4 Å². The van der Waals surface area contributed by atoms with Gasteiger partial charge in [-0.25, -0.2) is 4.98 Å². The molecule has 2 aromatic rings. The molecule has 0 N–H and O–H groups in total. The minimum atomic E-state index is -0.0761. The van der Waals surface area contributed by atoms with Gasteiger partial charge < -0.3 is 19.1 Å². The molecule has 0 bridgehead atoms. The number of hydrogen-bond acceptors (Lipinski definition) is 5. The normalized spacial score (nSPS) is 10.2. The Balaban J connectivity index is 2.14. The summed E-state index contributed by atoms with van der Waals surface area (Å²) in [4.78, 5) is 18.6. The van der Waals surface area contributed by atoms with Crippen molar-refractivity contribution in [2.75, 3.05) is 27.4 Å². The van der Waals surface area contributed by atoms with E-state index in [1.165, 1.54) is 0 Å². The van der Waals surface area contributed by atoms with Gasteiger partial charge in [0.2, 0.25) is 5.88 Å². The van der Waals surface area contributed by atoms with Crippen LogP contribution in [0.3, 0.4) is 0 Å². The first kappa shape index (κ1) is 18.6. The Bertz CT molecular complexity index is 701. The predicted octanol–water partition coefficient (Wildman–Crippen LogP) is 3.16. The molecule has 6 nitrogen and oxygen atoms in total. The van der Waals surface area contributed by atoms with E-state index in [1.807, 2.05) is 32.0 Å². The average Bonchev–Trinajstić information content (AvgIpc) is 2.66. The second kappa shape index (κ2) is 8.92. The van der Waals surface area contributed by atoms with Gasteiger partial charge in [0.1, 0.15) is 0 Å². The molecule has 0 aliphatic rings. The molecule has 0 aliphatic carbocycles. The van der Waals surface area contributed by atoms with Crippen LogP contribution in [0.15, 0.2) is 36.5 Å². The molecule has 0 atom stereocenters. The number of aromatic nitrogens is 1. The second-order valence-corrected chi connectivity index (χ2v) is 5.33. The molecule has 0 spiro atoms. The van der Waals surface area contributed by atoms with Crippen molar-refractivity contribution in [3.8, 4) is 17.4 Å². The summed E-state index contributed by atoms with van der Waals surface area (Å²) in [6.07, 6.45) is 1.55. The largest absolute Gasteiger partial charge is 0.493 e. The first-order valence-corrected chi connectivity index (χ1v) is 8.21. The van der Waals surface area contributed by atoms with E-state index in [2.05, 4.69) is 4.98 Å². The summed E-state index contributed by atoms with van der Waals surface area (Å²) in [5.74, 6) is 1.75. The van der Waals surface area contributed by atoms with E-state index >= 15 is 0 Å². The van der Waals surface area contributed by atoms with E-state index in [0.717, 1.165) is 5.56 Å². The van der Waals surface area contributed by atoms with Crippen molar-refractivity contribution in [3.05, 3.63) is 47.7 Å². The summed E-state index contributed by atoms with van der Waals surface area (Å²) in [7, 11) is 3.19. The minimum Gasteiger partial charge on any atom is -0.493 e. The summed E-state index contributed by atoms with van der Waals surface area (Å²) in [5.41, 5.74) is 1.50. The van der Waals surface area contributed by atoms with Gasteiger partial charge >= 0.3 is 0 Å². The van der Waals surface area contributed by atoms with E-state index in [-0.39, 0.29) is 5.91 Å². The van der Waals surface area contributed by atoms with Crippen LogP contribution in [0.25, 0.3) is 0 Å². The number of amides is 1. The Morgan fingerprint density at radius 1 is 1.08 bits per heavy atom. The SMILES string of the molecule is CCOc1ccc(C(=O)N(CC)Cc2ccc(OC)c(OC)c2)cn1. The van der Waals surface area contributed by atoms with Crippen LogP contribution in [0.1, 0.15) is 29.8 Å². The smallest absolute Gasteiger partial charge is 0.255 e. The van der Waals surface area contributed by atoms with E-state index in [1.54, 1.807) is 37.4 Å². The molecule has 0 unspecified atom stereocenters. The highest BCUT2D eigenvalue weighted by atomic mass is 16.5. The lowest BCUT2D eigenvalue weighted by atomic mass is 10.1. The van der Waals surface area contributed by atoms with Gasteiger partial charge in [-0.15, -0.1) is 0 Å². The van der Waals surface area contributed by atoms with Crippen LogP contribution in [0, 0.1) is 0 Å². The fourth-order valence-electron chi connectivity index (χ4n) is 2.45. The fourth-order valence-corrected chi connectivity index (χ4v) is 2.45. The van der Waals surface area contributed by atoms with E-state index < -0.39 is 0 Å². The molecule has 0 radical (unpaired) electrons. The first-order valence-electron chi connectivity index (χ1n) is 8.21. The standard InChI is InChI=1S/C19H24N2O4/c1-5-21(13-14-7-9-16(23-3)17(11-14)24-4)19(22)15-8-10-18(20-12-15)25-6-2/h7-12H,5-6,13H2,1-4H3. The Hall–Kier alpha value is -2.76. The van der Waals surface area contributed by atoms with E-state index in [0.29, 0.717) is 42.6 Å². The number of methoxy groups -OCH3 is 2. The zero-order valence-electron chi connectivity index (χ0n) is 15.1. The van der Waals surface area contributed by atoms with Gasteiger partial charge in [-0.1, -0.05) is 6.07 Å². The number of carbonyl (C=O) groups is 1. The third-order valence-corrected chi connectivity index (χ3v) is 3.77. The van der Waals surface area contributed by atoms with Crippen molar-refractivity contribution >= 4 is 5.91 Å². The lowest BCUT2D eigenvalue weighted by molar-refractivity contribution is 0.0752. The van der Waals surface area contributed by atoms with E-state index in [9.17, 15) is 4.79 Å². The number of benzene rings is 1. The highest BCUT2D eigenvalue weighted by Crippen LogP contribution is 2.28. The lowest BCUT2D eigenvalue weighted by Gasteiger charge is -2.21. The summed E-state index contributed by atoms with van der Waals surface area (Å²) in [5, 5.41) is 0. The van der Waals surface area contributed by atoms with Gasteiger partial charge in [0, 0.05) is 25.4 Å². The van der Waals surface area contributed by atoms with E-state index in [4.69, 9.17) is 14.2 Å². The average molecular weight is 344 g/mol. The third-order valence-electron chi connectivity index (χ3n) is 3.77. The summed E-state index contributed by atoms with van der Waals surface area (Å²) >= 11 is 0. The highest BCUT2D eigenvalue weighted by molar-refractivity contribution is 5.93. The number of carbonyl (C=O) groups excluding carboxylic acids is 1. The minimum absolute atomic E-state index is 0.0761. The van der Waals surface area contributed by atoms with Gasteiger partial charge in [0.05, 0.1) is 26.4 Å². The quantitative estimate of drug-likeness (QED) is 0.736. The van der Waals surface area contributed by atoms with Crippen molar-refractivity contribution in [1.29, 1.82) is 0 Å². The number of nitrogens with zero attached hydrogens (tertiary/aromatic N) is 2. The van der Waals surface area contributed by atoms with Crippen LogP contribution in [0.4, 0.5) is 0 Å². The summed E-state index contributed by atoms with van der Waals surface area (Å²) in [6, 6.07) is 9.09. The molecule has 25 heavy (non-hydrogen) atoms. The molecule has 1 amide bonds. The van der Waals surface area contributed by atoms with Gasteiger partial charge in [-0.3, -0.25) is 4.79 Å². The van der Waals surface area contributed by atoms with Crippen molar-refractivity contribution in [3.63, 3.8) is 0 Å². The zero-order chi connectivity index (χ0) is 18.2. The van der Waals surface area contributed by atoms with Gasteiger partial charge in [0.15, 0.2) is 11.5 Å². The molecular formula is C19H24N2O4. The first-order chi connectivity index (χ1) is 12.1. The molecule has 1 aromatic heterocycles. The number of rotatable bonds is 8. The zero-order valence-corrected chi connectivity index (χ0v) is 15.1. The Morgan fingerprint density at radius 3 is 2.40 bits per heavy atom. The van der Waals surface area contributed by atoms with Crippen molar-refractivity contribution in [2.24, 2.45) is 0 Å². The highest BCUT2D eigenvalue weighted by Gasteiger charge is 2.16. The molecule has 0 fully saturated rings. The maximum absolute atomic E-state index is 12.7. The maximum atomic E-state index is 12.7. The molecular weight excluding hydrogens is 320 g/mol. The molecule has 1 heterocycles. The van der Waals surface area contributed by atoms with Crippen LogP contribution < -0.4 is 14.2 Å². The topological polar surface area (TPSA) is 60.9 Å². The monoisotopic (exact) mass is 344 g/mol. The summed E-state index contributed by atoms with van der Waals surface area (Å²) in [6.45, 7) is 5.44. The van der Waals surface area contributed by atoms with Crippen molar-refractivity contribution < 1.29 is 19.0 Å². The number of ether oxygens (including phenoxy) is 3. The number of pyridine rings is 1. The second-order valence-electron chi connectivity index (χ2n) is 5.33. The molecule has 6 heteroatoms. The van der Waals surface area contributed by atoms with Crippen LogP contribution in [-0.4, -0.2) is 43.2 Å². The Morgan fingerprint density at radius 2 is 1.84 bits per heavy atom.